The molecule has 1 aliphatic rings. The lowest BCUT2D eigenvalue weighted by atomic mass is 10.3. The van der Waals surface area contributed by atoms with Gasteiger partial charge in [-0.1, -0.05) is 6.07 Å². The molecule has 0 saturated heterocycles. The van der Waals surface area contributed by atoms with Crippen LogP contribution in [0.2, 0.25) is 0 Å². The first kappa shape index (κ1) is 12.7. The third kappa shape index (κ3) is 3.90. The van der Waals surface area contributed by atoms with Gasteiger partial charge >= 0.3 is 0 Å². The van der Waals surface area contributed by atoms with Crippen LogP contribution in [0.5, 0.6) is 5.75 Å². The number of nitrogens with two attached hydrogens (primary N) is 1. The lowest BCUT2D eigenvalue weighted by Gasteiger charge is -2.08. The highest BCUT2D eigenvalue weighted by molar-refractivity contribution is 7.90. The molecule has 2 rings (SSSR count). The summed E-state index contributed by atoms with van der Waals surface area (Å²) >= 11 is 0. The zero-order valence-corrected chi connectivity index (χ0v) is 10.4. The Labute approximate surface area is 105 Å². The molecule has 4 N–H and O–H groups in total. The average molecular weight is 270 g/mol. The van der Waals surface area contributed by atoms with E-state index < -0.39 is 10.2 Å². The number of amidine groups is 1. The Morgan fingerprint density at radius 3 is 3.00 bits per heavy atom. The van der Waals surface area contributed by atoms with Crippen LogP contribution in [0, 0.1) is 0 Å². The maximum atomic E-state index is 10.9. The largest absolute Gasteiger partial charge is 0.486 e. The number of benzene rings is 1. The highest BCUT2D eigenvalue weighted by atomic mass is 32.2. The van der Waals surface area contributed by atoms with E-state index in [1.54, 1.807) is 24.3 Å². The molecule has 98 valence electrons. The standard InChI is InChI=1S/C10H14N4O3S/c11-18(15,16)14-8-2-1-3-9(6-8)17-7-10-12-4-5-13-10/h1-3,6,14H,4-5,7H2,(H,12,13)(H2,11,15,16). The maximum absolute atomic E-state index is 10.9. The van der Waals surface area contributed by atoms with Crippen molar-refractivity contribution in [2.24, 2.45) is 10.1 Å². The normalized spacial score (nSPS) is 14.8. The van der Waals surface area contributed by atoms with Gasteiger partial charge in [-0.05, 0) is 12.1 Å². The minimum atomic E-state index is -3.77. The van der Waals surface area contributed by atoms with Crippen LogP contribution in [0.25, 0.3) is 0 Å². The molecule has 0 amide bonds. The van der Waals surface area contributed by atoms with Gasteiger partial charge in [0.05, 0.1) is 12.2 Å². The van der Waals surface area contributed by atoms with E-state index in [1.165, 1.54) is 0 Å². The molecule has 0 aliphatic carbocycles. The van der Waals surface area contributed by atoms with E-state index in [4.69, 9.17) is 9.88 Å². The second kappa shape index (κ2) is 5.23. The molecular weight excluding hydrogens is 256 g/mol. The molecule has 1 heterocycles. The van der Waals surface area contributed by atoms with Crippen molar-refractivity contribution in [3.63, 3.8) is 0 Å². The summed E-state index contributed by atoms with van der Waals surface area (Å²) in [5.41, 5.74) is 0.358. The fourth-order valence-corrected chi connectivity index (χ4v) is 1.96. The molecule has 8 heteroatoms. The number of hydrogen-bond donors (Lipinski definition) is 3. The molecule has 18 heavy (non-hydrogen) atoms. The molecular formula is C10H14N4O3S. The van der Waals surface area contributed by atoms with E-state index in [2.05, 4.69) is 15.0 Å². The van der Waals surface area contributed by atoms with Crippen molar-refractivity contribution in [2.75, 3.05) is 24.4 Å². The molecule has 0 saturated carbocycles. The molecule has 0 atom stereocenters. The van der Waals surface area contributed by atoms with Crippen LogP contribution in [-0.2, 0) is 10.2 Å². The summed E-state index contributed by atoms with van der Waals surface area (Å²) in [5, 5.41) is 7.96. The molecule has 0 radical (unpaired) electrons. The minimum absolute atomic E-state index is 0.332. The summed E-state index contributed by atoms with van der Waals surface area (Å²) in [5.74, 6) is 1.33. The number of hydrogen-bond acceptors (Lipinski definition) is 5. The Kier molecular flexibility index (Phi) is 3.68. The fourth-order valence-electron chi connectivity index (χ4n) is 1.51. The maximum Gasteiger partial charge on any atom is 0.296 e. The molecule has 0 aromatic heterocycles. The van der Waals surface area contributed by atoms with Crippen LogP contribution in [0.3, 0.4) is 0 Å². The van der Waals surface area contributed by atoms with Crippen LogP contribution in [0.1, 0.15) is 0 Å². The molecule has 0 fully saturated rings. The number of anilines is 1. The third-order valence-corrected chi connectivity index (χ3v) is 2.73. The van der Waals surface area contributed by atoms with Crippen LogP contribution in [0.15, 0.2) is 29.3 Å². The first-order valence-corrected chi connectivity index (χ1v) is 6.88. The Morgan fingerprint density at radius 2 is 2.33 bits per heavy atom. The van der Waals surface area contributed by atoms with Crippen LogP contribution in [-0.4, -0.2) is 33.9 Å². The average Bonchev–Trinajstić information content (AvgIpc) is 2.77. The van der Waals surface area contributed by atoms with Gasteiger partial charge in [0.1, 0.15) is 18.2 Å². The predicted octanol–water partition coefficient (Wildman–Crippen LogP) is -0.318. The second-order valence-corrected chi connectivity index (χ2v) is 5.01. The van der Waals surface area contributed by atoms with Crippen molar-refractivity contribution in [1.82, 2.24) is 5.32 Å². The number of rotatable bonds is 5. The van der Waals surface area contributed by atoms with Crippen molar-refractivity contribution in [2.45, 2.75) is 0 Å². The zero-order valence-electron chi connectivity index (χ0n) is 9.59. The number of aliphatic imine (C=N–C) groups is 1. The fraction of sp³-hybridized carbons (Fsp3) is 0.300. The Morgan fingerprint density at radius 1 is 1.50 bits per heavy atom. The first-order chi connectivity index (χ1) is 8.53. The Balaban J connectivity index is 1.98. The van der Waals surface area contributed by atoms with Gasteiger partial charge in [0, 0.05) is 12.6 Å². The summed E-state index contributed by atoms with van der Waals surface area (Å²) < 4.78 is 29.4. The quantitative estimate of drug-likeness (QED) is 0.682. The molecule has 0 unspecified atom stereocenters. The van der Waals surface area contributed by atoms with E-state index >= 15 is 0 Å². The predicted molar refractivity (Wildman–Crippen MR) is 69.0 cm³/mol. The molecule has 1 aliphatic heterocycles. The highest BCUT2D eigenvalue weighted by Crippen LogP contribution is 2.17. The number of nitrogens with zero attached hydrogens (tertiary/aromatic N) is 1. The van der Waals surface area contributed by atoms with Gasteiger partial charge in [-0.2, -0.15) is 8.42 Å². The summed E-state index contributed by atoms with van der Waals surface area (Å²) in [6.45, 7) is 1.91. The van der Waals surface area contributed by atoms with E-state index in [0.29, 0.717) is 18.0 Å². The summed E-state index contributed by atoms with van der Waals surface area (Å²) in [6.07, 6.45) is 0. The SMILES string of the molecule is NS(=O)(=O)Nc1cccc(OCC2=NCCN2)c1. The number of nitrogens with one attached hydrogen (secondary N) is 2. The van der Waals surface area contributed by atoms with Crippen molar-refractivity contribution in [3.05, 3.63) is 24.3 Å². The minimum Gasteiger partial charge on any atom is -0.486 e. The number of ether oxygens (including phenoxy) is 1. The van der Waals surface area contributed by atoms with Crippen LogP contribution >= 0.6 is 0 Å². The van der Waals surface area contributed by atoms with Gasteiger partial charge in [0.25, 0.3) is 10.2 Å². The van der Waals surface area contributed by atoms with Crippen LogP contribution < -0.4 is 19.9 Å². The van der Waals surface area contributed by atoms with Crippen LogP contribution in [0.4, 0.5) is 5.69 Å². The Hall–Kier alpha value is -1.80. The molecule has 1 aromatic rings. The highest BCUT2D eigenvalue weighted by Gasteiger charge is 2.07. The lowest BCUT2D eigenvalue weighted by molar-refractivity contribution is 0.374. The molecule has 0 bridgehead atoms. The van der Waals surface area contributed by atoms with Gasteiger partial charge in [0.15, 0.2) is 0 Å². The van der Waals surface area contributed by atoms with Crippen molar-refractivity contribution in [3.8, 4) is 5.75 Å². The summed E-state index contributed by atoms with van der Waals surface area (Å²) in [4.78, 5) is 4.18. The van der Waals surface area contributed by atoms with Crippen molar-refractivity contribution in [1.29, 1.82) is 0 Å². The topological polar surface area (TPSA) is 106 Å². The van der Waals surface area contributed by atoms with Gasteiger partial charge < -0.3 is 10.1 Å². The second-order valence-electron chi connectivity index (χ2n) is 3.72. The first-order valence-electron chi connectivity index (χ1n) is 5.33. The van der Waals surface area contributed by atoms with E-state index in [1.807, 2.05) is 0 Å². The van der Waals surface area contributed by atoms with E-state index in [0.717, 1.165) is 18.9 Å². The lowest BCUT2D eigenvalue weighted by Crippen LogP contribution is -2.25. The van der Waals surface area contributed by atoms with Gasteiger partial charge in [0.2, 0.25) is 0 Å². The van der Waals surface area contributed by atoms with Crippen molar-refractivity contribution >= 4 is 21.7 Å². The van der Waals surface area contributed by atoms with E-state index in [-0.39, 0.29) is 0 Å². The zero-order chi connectivity index (χ0) is 13.0. The molecule has 1 aromatic carbocycles. The summed E-state index contributed by atoms with van der Waals surface area (Å²) in [7, 11) is -3.77. The monoisotopic (exact) mass is 270 g/mol. The van der Waals surface area contributed by atoms with Gasteiger partial charge in [-0.25, -0.2) is 5.14 Å². The Bertz CT molecular complexity index is 556. The van der Waals surface area contributed by atoms with E-state index in [9.17, 15) is 8.42 Å². The van der Waals surface area contributed by atoms with Gasteiger partial charge in [-0.3, -0.25) is 9.71 Å². The van der Waals surface area contributed by atoms with Crippen molar-refractivity contribution < 1.29 is 13.2 Å². The summed E-state index contributed by atoms with van der Waals surface area (Å²) in [6, 6.07) is 6.54. The van der Waals surface area contributed by atoms with Gasteiger partial charge in [-0.15, -0.1) is 0 Å². The molecule has 0 spiro atoms. The smallest absolute Gasteiger partial charge is 0.296 e. The molecule has 7 nitrogen and oxygen atoms in total. The third-order valence-electron chi connectivity index (χ3n) is 2.21.